The maximum absolute atomic E-state index is 13.4. The Hall–Kier alpha value is -4.33. The van der Waals surface area contributed by atoms with Crippen LogP contribution < -0.4 is 5.32 Å². The van der Waals surface area contributed by atoms with Crippen molar-refractivity contribution in [2.45, 2.75) is 64.2 Å². The number of ether oxygens (including phenoxy) is 3. The van der Waals surface area contributed by atoms with Crippen molar-refractivity contribution in [1.82, 2.24) is 10.2 Å². The Morgan fingerprint density at radius 1 is 0.714 bits per heavy atom. The minimum absolute atomic E-state index is 0.0454. The monoisotopic (exact) mass is 574 g/mol. The van der Waals surface area contributed by atoms with E-state index in [2.05, 4.69) is 5.32 Å². The molecule has 8 nitrogen and oxygen atoms in total. The van der Waals surface area contributed by atoms with Crippen molar-refractivity contribution in [1.29, 1.82) is 0 Å². The normalized spacial score (nSPS) is 12.5. The average molecular weight is 575 g/mol. The number of hydrogen-bond acceptors (Lipinski definition) is 6. The lowest BCUT2D eigenvalue weighted by molar-refractivity contribution is -0.149. The summed E-state index contributed by atoms with van der Waals surface area (Å²) in [5, 5.41) is 2.82. The quantitative estimate of drug-likeness (QED) is 0.189. The van der Waals surface area contributed by atoms with Crippen LogP contribution in [0.25, 0.3) is 0 Å². The summed E-state index contributed by atoms with van der Waals surface area (Å²) in [6.45, 7) is 5.98. The van der Waals surface area contributed by atoms with Gasteiger partial charge in [-0.1, -0.05) is 91.0 Å². The summed E-state index contributed by atoms with van der Waals surface area (Å²) in [5.41, 5.74) is 0.729. The second-order valence-electron chi connectivity index (χ2n) is 11.2. The largest absolute Gasteiger partial charge is 0.467 e. The van der Waals surface area contributed by atoms with Crippen molar-refractivity contribution < 1.29 is 28.6 Å². The highest BCUT2D eigenvalue weighted by Crippen LogP contribution is 2.23. The Bertz CT molecular complexity index is 1260. The molecule has 0 aliphatic heterocycles. The van der Waals surface area contributed by atoms with Crippen LogP contribution in [0.3, 0.4) is 0 Å². The second kappa shape index (κ2) is 15.6. The number of carbonyl (C=O) groups excluding carboxylic acids is 3. The van der Waals surface area contributed by atoms with Crippen LogP contribution in [0, 0.1) is 0 Å². The van der Waals surface area contributed by atoms with E-state index < -0.39 is 29.3 Å². The topological polar surface area (TPSA) is 94.2 Å². The van der Waals surface area contributed by atoms with Crippen LogP contribution in [0.1, 0.15) is 50.3 Å². The number of amides is 2. The molecular formula is C34H42N2O6. The van der Waals surface area contributed by atoms with Gasteiger partial charge in [0.05, 0.1) is 7.11 Å². The molecule has 0 saturated carbocycles. The fraction of sp³-hybridized carbons (Fsp3) is 0.382. The molecule has 3 aromatic carbocycles. The first-order valence-corrected chi connectivity index (χ1v) is 14.2. The minimum Gasteiger partial charge on any atom is -0.467 e. The summed E-state index contributed by atoms with van der Waals surface area (Å²) < 4.78 is 16.4. The predicted molar refractivity (Wildman–Crippen MR) is 162 cm³/mol. The number of methoxy groups -OCH3 is 1. The zero-order chi connectivity index (χ0) is 30.4. The molecule has 1 atom stereocenters. The minimum atomic E-state index is -1.45. The number of benzene rings is 3. The Balaban J connectivity index is 1.84. The van der Waals surface area contributed by atoms with Gasteiger partial charge in [-0.25, -0.2) is 14.4 Å². The van der Waals surface area contributed by atoms with Gasteiger partial charge < -0.3 is 24.4 Å². The van der Waals surface area contributed by atoms with E-state index in [1.165, 1.54) is 7.11 Å². The number of rotatable bonds is 13. The van der Waals surface area contributed by atoms with Crippen LogP contribution in [0.15, 0.2) is 91.0 Å². The van der Waals surface area contributed by atoms with Crippen LogP contribution in [0.5, 0.6) is 0 Å². The maximum atomic E-state index is 13.4. The van der Waals surface area contributed by atoms with Gasteiger partial charge in [0.25, 0.3) is 0 Å². The average Bonchev–Trinajstić information content (AvgIpc) is 2.99. The Morgan fingerprint density at radius 2 is 1.24 bits per heavy atom. The van der Waals surface area contributed by atoms with Crippen LogP contribution in [0.2, 0.25) is 0 Å². The number of aryl methyl sites for hydroxylation is 1. The van der Waals surface area contributed by atoms with Gasteiger partial charge in [-0.3, -0.25) is 0 Å². The Kier molecular flexibility index (Phi) is 12.0. The van der Waals surface area contributed by atoms with Gasteiger partial charge in [0, 0.05) is 13.1 Å². The van der Waals surface area contributed by atoms with E-state index >= 15 is 0 Å². The zero-order valence-electron chi connectivity index (χ0n) is 25.0. The molecule has 1 N–H and O–H groups in total. The van der Waals surface area contributed by atoms with Gasteiger partial charge in [-0.05, 0) is 63.1 Å². The number of alkyl carbamates (subject to hydrolysis) is 1. The highest BCUT2D eigenvalue weighted by Gasteiger charge is 2.42. The third-order valence-corrected chi connectivity index (χ3v) is 6.79. The summed E-state index contributed by atoms with van der Waals surface area (Å²) in [4.78, 5) is 41.4. The molecule has 42 heavy (non-hydrogen) atoms. The van der Waals surface area contributed by atoms with E-state index in [0.717, 1.165) is 16.7 Å². The van der Waals surface area contributed by atoms with Crippen molar-refractivity contribution >= 4 is 18.2 Å². The molecule has 3 aromatic rings. The van der Waals surface area contributed by atoms with Crippen molar-refractivity contribution in [3.8, 4) is 0 Å². The lowest BCUT2D eigenvalue weighted by atomic mass is 9.87. The first kappa shape index (κ1) is 32.2. The third-order valence-electron chi connectivity index (χ3n) is 6.79. The van der Waals surface area contributed by atoms with Gasteiger partial charge >= 0.3 is 18.2 Å². The van der Waals surface area contributed by atoms with E-state index in [9.17, 15) is 14.4 Å². The molecule has 0 aliphatic rings. The molecule has 0 spiro atoms. The highest BCUT2D eigenvalue weighted by atomic mass is 16.6. The molecule has 0 bridgehead atoms. The number of hydrogen-bond donors (Lipinski definition) is 1. The lowest BCUT2D eigenvalue weighted by Crippen LogP contribution is -2.57. The lowest BCUT2D eigenvalue weighted by Gasteiger charge is -2.34. The van der Waals surface area contributed by atoms with E-state index in [1.54, 1.807) is 4.90 Å². The summed E-state index contributed by atoms with van der Waals surface area (Å²) in [6, 6.07) is 28.8. The fourth-order valence-corrected chi connectivity index (χ4v) is 4.51. The van der Waals surface area contributed by atoms with E-state index in [4.69, 9.17) is 14.2 Å². The van der Waals surface area contributed by atoms with Gasteiger partial charge in [0.1, 0.15) is 17.7 Å². The van der Waals surface area contributed by atoms with Gasteiger partial charge in [-0.15, -0.1) is 0 Å². The van der Waals surface area contributed by atoms with Crippen LogP contribution in [-0.4, -0.2) is 54.4 Å². The Labute approximate surface area is 249 Å². The van der Waals surface area contributed by atoms with Crippen molar-refractivity contribution in [2.24, 2.45) is 0 Å². The molecule has 0 fully saturated rings. The van der Waals surface area contributed by atoms with Crippen molar-refractivity contribution in [3.63, 3.8) is 0 Å². The maximum Gasteiger partial charge on any atom is 0.410 e. The third kappa shape index (κ3) is 10.6. The van der Waals surface area contributed by atoms with E-state index in [1.807, 2.05) is 112 Å². The molecule has 0 aromatic heterocycles. The van der Waals surface area contributed by atoms with Crippen LogP contribution in [-0.2, 0) is 38.5 Å². The molecule has 0 radical (unpaired) electrons. The second-order valence-corrected chi connectivity index (χ2v) is 11.2. The molecule has 8 heteroatoms. The van der Waals surface area contributed by atoms with E-state index in [0.29, 0.717) is 19.4 Å². The SMILES string of the molecule is COC(=O)[C@](CCc1ccccc1)(CCN(CCc1ccccc1)C(=O)OC(C)(C)C)NC(=O)OCc1ccccc1. The molecule has 0 aliphatic carbocycles. The smallest absolute Gasteiger partial charge is 0.410 e. The first-order chi connectivity index (χ1) is 20.1. The van der Waals surface area contributed by atoms with Crippen LogP contribution in [0.4, 0.5) is 9.59 Å². The predicted octanol–water partition coefficient (Wildman–Crippen LogP) is 6.33. The van der Waals surface area contributed by atoms with E-state index in [-0.39, 0.29) is 26.0 Å². The number of carbonyl (C=O) groups is 3. The molecule has 0 unspecified atom stereocenters. The Morgan fingerprint density at radius 3 is 1.76 bits per heavy atom. The standard InChI is InChI=1S/C34H42N2O6/c1-33(2,3)42-32(39)36(24-21-28-16-10-6-11-17-28)25-23-34(30(37)40-4,22-20-27-14-8-5-9-15-27)35-31(38)41-26-29-18-12-7-13-19-29/h5-19H,20-26H2,1-4H3,(H,35,38)/t34-/m0/s1. The number of nitrogens with zero attached hydrogens (tertiary/aromatic N) is 1. The van der Waals surface area contributed by atoms with Crippen molar-refractivity contribution in [3.05, 3.63) is 108 Å². The summed E-state index contributed by atoms with van der Waals surface area (Å²) in [5.74, 6) is -0.609. The summed E-state index contributed by atoms with van der Waals surface area (Å²) >= 11 is 0. The molecule has 224 valence electrons. The number of nitrogens with one attached hydrogen (secondary N) is 1. The molecule has 0 heterocycles. The molecule has 0 saturated heterocycles. The van der Waals surface area contributed by atoms with Gasteiger partial charge in [-0.2, -0.15) is 0 Å². The summed E-state index contributed by atoms with van der Waals surface area (Å²) in [6.07, 6.45) is 0.191. The van der Waals surface area contributed by atoms with Gasteiger partial charge in [0.2, 0.25) is 0 Å². The van der Waals surface area contributed by atoms with Crippen molar-refractivity contribution in [2.75, 3.05) is 20.2 Å². The van der Waals surface area contributed by atoms with Crippen LogP contribution >= 0.6 is 0 Å². The zero-order valence-corrected chi connectivity index (χ0v) is 25.0. The first-order valence-electron chi connectivity index (χ1n) is 14.2. The highest BCUT2D eigenvalue weighted by molar-refractivity contribution is 5.86. The molecule has 3 rings (SSSR count). The fourth-order valence-electron chi connectivity index (χ4n) is 4.51. The summed E-state index contributed by atoms with van der Waals surface area (Å²) in [7, 11) is 1.29. The van der Waals surface area contributed by atoms with Gasteiger partial charge in [0.15, 0.2) is 0 Å². The molecular weight excluding hydrogens is 532 g/mol. The molecule has 2 amide bonds. The number of esters is 1.